The fraction of sp³-hybridized carbons (Fsp3) is 0.333. The highest BCUT2D eigenvalue weighted by atomic mass is 19.1. The molecule has 0 bridgehead atoms. The van der Waals surface area contributed by atoms with Gasteiger partial charge >= 0.3 is 0 Å². The first-order chi connectivity index (χ1) is 8.74. The topological polar surface area (TPSA) is 25.2 Å². The Balaban J connectivity index is 2.37. The molecule has 1 heterocycles. The van der Waals surface area contributed by atoms with Crippen molar-refractivity contribution in [2.45, 2.75) is 26.3 Å². The van der Waals surface area contributed by atoms with Crippen LogP contribution in [0.4, 0.5) is 4.39 Å². The summed E-state index contributed by atoms with van der Waals surface area (Å²) in [7, 11) is 0. The first-order valence-corrected chi connectivity index (χ1v) is 6.25. The van der Waals surface area contributed by atoms with Gasteiger partial charge in [0.05, 0.1) is 12.3 Å². The molecule has 0 spiro atoms. The maximum absolute atomic E-state index is 13.9. The average Bonchev–Trinajstić information content (AvgIpc) is 2.78. The van der Waals surface area contributed by atoms with Crippen LogP contribution in [-0.4, -0.2) is 6.54 Å². The van der Waals surface area contributed by atoms with Crippen LogP contribution in [0.5, 0.6) is 0 Å². The van der Waals surface area contributed by atoms with Gasteiger partial charge in [-0.05, 0) is 37.6 Å². The van der Waals surface area contributed by atoms with Gasteiger partial charge in [0.1, 0.15) is 11.6 Å². The zero-order valence-corrected chi connectivity index (χ0v) is 10.7. The van der Waals surface area contributed by atoms with E-state index < -0.39 is 0 Å². The van der Waals surface area contributed by atoms with Gasteiger partial charge in [-0.2, -0.15) is 0 Å². The lowest BCUT2D eigenvalue weighted by atomic mass is 10.0. The van der Waals surface area contributed by atoms with Gasteiger partial charge in [0.25, 0.3) is 0 Å². The van der Waals surface area contributed by atoms with Crippen molar-refractivity contribution in [3.8, 4) is 0 Å². The first kappa shape index (κ1) is 12.8. The van der Waals surface area contributed by atoms with E-state index in [1.54, 1.807) is 18.4 Å². The Labute approximate surface area is 107 Å². The largest absolute Gasteiger partial charge is 0.467 e. The second kappa shape index (κ2) is 5.83. The van der Waals surface area contributed by atoms with Crippen LogP contribution in [0.25, 0.3) is 0 Å². The van der Waals surface area contributed by atoms with E-state index in [1.165, 1.54) is 6.07 Å². The Hall–Kier alpha value is -1.61. The molecule has 1 aromatic heterocycles. The van der Waals surface area contributed by atoms with E-state index in [9.17, 15) is 4.39 Å². The SMILES string of the molecule is CCCNC(c1ccccc1F)c1occc1C. The van der Waals surface area contributed by atoms with Crippen LogP contribution in [0.3, 0.4) is 0 Å². The van der Waals surface area contributed by atoms with E-state index in [1.807, 2.05) is 19.1 Å². The summed E-state index contributed by atoms with van der Waals surface area (Å²) < 4.78 is 19.4. The molecule has 0 aliphatic rings. The normalized spacial score (nSPS) is 12.6. The molecule has 0 radical (unpaired) electrons. The number of aryl methyl sites for hydroxylation is 1. The third-order valence-corrected chi connectivity index (χ3v) is 2.98. The van der Waals surface area contributed by atoms with Crippen LogP contribution in [0.2, 0.25) is 0 Å². The average molecular weight is 247 g/mol. The first-order valence-electron chi connectivity index (χ1n) is 6.25. The predicted molar refractivity (Wildman–Crippen MR) is 70.0 cm³/mol. The molecule has 0 saturated heterocycles. The van der Waals surface area contributed by atoms with Gasteiger partial charge < -0.3 is 9.73 Å². The highest BCUT2D eigenvalue weighted by Gasteiger charge is 2.21. The Morgan fingerprint density at radius 1 is 1.28 bits per heavy atom. The molecule has 2 nitrogen and oxygen atoms in total. The molecule has 1 aromatic carbocycles. The molecule has 3 heteroatoms. The van der Waals surface area contributed by atoms with Gasteiger partial charge in [-0.15, -0.1) is 0 Å². The van der Waals surface area contributed by atoms with Crippen LogP contribution in [0, 0.1) is 12.7 Å². The number of furan rings is 1. The third-order valence-electron chi connectivity index (χ3n) is 2.98. The molecular formula is C15H18FNO. The van der Waals surface area contributed by atoms with Gasteiger partial charge in [0.2, 0.25) is 0 Å². The van der Waals surface area contributed by atoms with E-state index in [0.29, 0.717) is 5.56 Å². The molecule has 2 rings (SSSR count). The van der Waals surface area contributed by atoms with Gasteiger partial charge in [0, 0.05) is 5.56 Å². The second-order valence-corrected chi connectivity index (χ2v) is 4.38. The van der Waals surface area contributed by atoms with Crippen LogP contribution >= 0.6 is 0 Å². The number of benzene rings is 1. The van der Waals surface area contributed by atoms with E-state index >= 15 is 0 Å². The molecule has 96 valence electrons. The number of nitrogens with one attached hydrogen (secondary N) is 1. The fourth-order valence-corrected chi connectivity index (χ4v) is 2.02. The molecule has 1 N–H and O–H groups in total. The molecule has 2 aromatic rings. The van der Waals surface area contributed by atoms with E-state index in [0.717, 1.165) is 24.3 Å². The Bertz CT molecular complexity index is 507. The molecule has 0 aliphatic carbocycles. The maximum atomic E-state index is 13.9. The van der Waals surface area contributed by atoms with Crippen molar-refractivity contribution in [2.24, 2.45) is 0 Å². The summed E-state index contributed by atoms with van der Waals surface area (Å²) in [5.41, 5.74) is 1.66. The lowest BCUT2D eigenvalue weighted by molar-refractivity contribution is 0.433. The van der Waals surface area contributed by atoms with Crippen LogP contribution in [0.1, 0.15) is 36.3 Å². The summed E-state index contributed by atoms with van der Waals surface area (Å²) in [4.78, 5) is 0. The molecule has 18 heavy (non-hydrogen) atoms. The number of hydrogen-bond acceptors (Lipinski definition) is 2. The fourth-order valence-electron chi connectivity index (χ4n) is 2.02. The van der Waals surface area contributed by atoms with E-state index in [-0.39, 0.29) is 11.9 Å². The number of halogens is 1. The standard InChI is InChI=1S/C15H18FNO/c1-3-9-17-14(15-11(2)8-10-18-15)12-6-4-5-7-13(12)16/h4-8,10,14,17H,3,9H2,1-2H3. The summed E-state index contributed by atoms with van der Waals surface area (Å²) in [5.74, 6) is 0.579. The van der Waals surface area contributed by atoms with Crippen LogP contribution in [-0.2, 0) is 0 Å². The minimum atomic E-state index is -0.221. The lowest BCUT2D eigenvalue weighted by Crippen LogP contribution is -2.24. The van der Waals surface area contributed by atoms with E-state index in [4.69, 9.17) is 4.42 Å². The van der Waals surface area contributed by atoms with Gasteiger partial charge in [0.15, 0.2) is 0 Å². The Kier molecular flexibility index (Phi) is 4.15. The zero-order chi connectivity index (χ0) is 13.0. The van der Waals surface area contributed by atoms with Crippen molar-refractivity contribution >= 4 is 0 Å². The molecular weight excluding hydrogens is 229 g/mol. The van der Waals surface area contributed by atoms with Crippen molar-refractivity contribution in [1.29, 1.82) is 0 Å². The van der Waals surface area contributed by atoms with Crippen molar-refractivity contribution in [3.05, 3.63) is 59.3 Å². The molecule has 1 atom stereocenters. The maximum Gasteiger partial charge on any atom is 0.128 e. The second-order valence-electron chi connectivity index (χ2n) is 4.38. The highest BCUT2D eigenvalue weighted by Crippen LogP contribution is 2.27. The van der Waals surface area contributed by atoms with Crippen LogP contribution < -0.4 is 5.32 Å². The Morgan fingerprint density at radius 2 is 2.06 bits per heavy atom. The molecule has 0 fully saturated rings. The van der Waals surface area contributed by atoms with Crippen molar-refractivity contribution in [3.63, 3.8) is 0 Å². The van der Waals surface area contributed by atoms with Gasteiger partial charge in [-0.3, -0.25) is 0 Å². The summed E-state index contributed by atoms with van der Waals surface area (Å²) in [6.07, 6.45) is 2.64. The smallest absolute Gasteiger partial charge is 0.128 e. The summed E-state index contributed by atoms with van der Waals surface area (Å²) >= 11 is 0. The third kappa shape index (κ3) is 2.62. The van der Waals surface area contributed by atoms with Crippen molar-refractivity contribution < 1.29 is 8.81 Å². The molecule has 1 unspecified atom stereocenters. The van der Waals surface area contributed by atoms with Crippen LogP contribution in [0.15, 0.2) is 41.0 Å². The summed E-state index contributed by atoms with van der Waals surface area (Å²) in [6, 6.07) is 8.50. The quantitative estimate of drug-likeness (QED) is 0.869. The van der Waals surface area contributed by atoms with E-state index in [2.05, 4.69) is 12.2 Å². The molecule has 0 saturated carbocycles. The van der Waals surface area contributed by atoms with Crippen molar-refractivity contribution in [1.82, 2.24) is 5.32 Å². The zero-order valence-electron chi connectivity index (χ0n) is 10.7. The minimum absolute atomic E-state index is 0.207. The molecule has 0 amide bonds. The van der Waals surface area contributed by atoms with Gasteiger partial charge in [-0.25, -0.2) is 4.39 Å². The van der Waals surface area contributed by atoms with Crippen molar-refractivity contribution in [2.75, 3.05) is 6.54 Å². The Morgan fingerprint density at radius 3 is 2.67 bits per heavy atom. The monoisotopic (exact) mass is 247 g/mol. The number of hydrogen-bond donors (Lipinski definition) is 1. The molecule has 0 aliphatic heterocycles. The summed E-state index contributed by atoms with van der Waals surface area (Å²) in [6.45, 7) is 4.87. The number of rotatable bonds is 5. The van der Waals surface area contributed by atoms with Gasteiger partial charge in [-0.1, -0.05) is 25.1 Å². The summed E-state index contributed by atoms with van der Waals surface area (Å²) in [5, 5.41) is 3.34. The minimum Gasteiger partial charge on any atom is -0.467 e. The highest BCUT2D eigenvalue weighted by molar-refractivity contribution is 5.31. The predicted octanol–water partition coefficient (Wildman–Crippen LogP) is 3.82. The lowest BCUT2D eigenvalue weighted by Gasteiger charge is -2.18.